The topological polar surface area (TPSA) is 62.2 Å². The predicted octanol–water partition coefficient (Wildman–Crippen LogP) is 1.55. The zero-order chi connectivity index (χ0) is 13.6. The molecule has 0 radical (unpaired) electrons. The van der Waals surface area contributed by atoms with Crippen molar-refractivity contribution in [3.63, 3.8) is 0 Å². The summed E-state index contributed by atoms with van der Waals surface area (Å²) < 4.78 is 26.4. The third-order valence-electron chi connectivity index (χ3n) is 3.07. The molecule has 0 saturated carbocycles. The van der Waals surface area contributed by atoms with Crippen molar-refractivity contribution in [3.05, 3.63) is 59.4 Å². The summed E-state index contributed by atoms with van der Waals surface area (Å²) in [4.78, 5) is 15.6. The van der Waals surface area contributed by atoms with E-state index in [1.807, 2.05) is 0 Å². The molecular formula is C13H8F2N2O2. The maximum absolute atomic E-state index is 13.6. The van der Waals surface area contributed by atoms with Gasteiger partial charge in [0, 0.05) is 5.56 Å². The summed E-state index contributed by atoms with van der Waals surface area (Å²) >= 11 is 0. The van der Waals surface area contributed by atoms with E-state index in [2.05, 4.69) is 10.3 Å². The third kappa shape index (κ3) is 1.53. The summed E-state index contributed by atoms with van der Waals surface area (Å²) in [5.74, 6) is -2.05. The van der Waals surface area contributed by atoms with Crippen LogP contribution in [0.15, 0.2) is 36.5 Å². The van der Waals surface area contributed by atoms with E-state index in [4.69, 9.17) is 0 Å². The first-order chi connectivity index (χ1) is 9.03. The van der Waals surface area contributed by atoms with E-state index in [1.165, 1.54) is 24.3 Å². The van der Waals surface area contributed by atoms with Gasteiger partial charge in [-0.15, -0.1) is 0 Å². The molecule has 1 aromatic heterocycles. The Hall–Kier alpha value is -2.34. The van der Waals surface area contributed by atoms with Crippen molar-refractivity contribution in [2.75, 3.05) is 5.32 Å². The number of para-hydroxylation sites is 1. The van der Waals surface area contributed by atoms with Gasteiger partial charge in [0.1, 0.15) is 11.6 Å². The lowest BCUT2D eigenvalue weighted by Gasteiger charge is -2.19. The van der Waals surface area contributed by atoms with Crippen molar-refractivity contribution in [1.82, 2.24) is 4.98 Å². The van der Waals surface area contributed by atoms with Crippen molar-refractivity contribution < 1.29 is 18.7 Å². The molecule has 1 unspecified atom stereocenters. The summed E-state index contributed by atoms with van der Waals surface area (Å²) in [5.41, 5.74) is -2.18. The van der Waals surface area contributed by atoms with Gasteiger partial charge in [0.05, 0.1) is 17.6 Å². The first-order valence-corrected chi connectivity index (χ1v) is 5.48. The number of anilines is 1. The van der Waals surface area contributed by atoms with Gasteiger partial charge in [0.2, 0.25) is 5.60 Å². The highest BCUT2D eigenvalue weighted by Crippen LogP contribution is 2.41. The molecule has 19 heavy (non-hydrogen) atoms. The van der Waals surface area contributed by atoms with E-state index >= 15 is 0 Å². The second kappa shape index (κ2) is 3.83. The molecule has 1 aliphatic rings. The largest absolute Gasteiger partial charge is 0.370 e. The number of hydrogen-bond acceptors (Lipinski definition) is 3. The Morgan fingerprint density at radius 1 is 1.21 bits per heavy atom. The number of benzene rings is 1. The standard InChI is InChI=1S/C13H8F2N2O2/c14-7-4-5-10(16-6-7)13(19)8-2-1-3-9(15)11(8)17-12(13)18/h1-6,19H,(H,17,18). The van der Waals surface area contributed by atoms with Crippen molar-refractivity contribution in [2.24, 2.45) is 0 Å². The zero-order valence-electron chi connectivity index (χ0n) is 9.52. The van der Waals surface area contributed by atoms with Crippen molar-refractivity contribution in [2.45, 2.75) is 5.60 Å². The van der Waals surface area contributed by atoms with E-state index in [0.717, 1.165) is 12.3 Å². The van der Waals surface area contributed by atoms with Crippen LogP contribution in [0.1, 0.15) is 11.3 Å². The quantitative estimate of drug-likeness (QED) is 0.819. The van der Waals surface area contributed by atoms with Crippen LogP contribution in [0.2, 0.25) is 0 Å². The summed E-state index contributed by atoms with van der Waals surface area (Å²) in [6.07, 6.45) is 0.887. The highest BCUT2D eigenvalue weighted by molar-refractivity contribution is 6.07. The van der Waals surface area contributed by atoms with Gasteiger partial charge in [-0.2, -0.15) is 0 Å². The van der Waals surface area contributed by atoms with Crippen LogP contribution in [-0.4, -0.2) is 16.0 Å². The first-order valence-electron chi connectivity index (χ1n) is 5.48. The van der Waals surface area contributed by atoms with Crippen LogP contribution >= 0.6 is 0 Å². The molecule has 1 amide bonds. The highest BCUT2D eigenvalue weighted by atomic mass is 19.1. The molecular weight excluding hydrogens is 254 g/mol. The summed E-state index contributed by atoms with van der Waals surface area (Å²) in [5, 5.41) is 12.8. The number of aliphatic hydroxyl groups is 1. The molecule has 3 rings (SSSR count). The summed E-state index contributed by atoms with van der Waals surface area (Å²) in [6.45, 7) is 0. The highest BCUT2D eigenvalue weighted by Gasteiger charge is 2.49. The van der Waals surface area contributed by atoms with Crippen LogP contribution in [0.3, 0.4) is 0 Å². The Morgan fingerprint density at radius 3 is 2.68 bits per heavy atom. The number of halogens is 2. The fourth-order valence-corrected chi connectivity index (χ4v) is 2.12. The molecule has 0 bridgehead atoms. The maximum atomic E-state index is 13.6. The lowest BCUT2D eigenvalue weighted by Crippen LogP contribution is -2.36. The van der Waals surface area contributed by atoms with Gasteiger partial charge in [-0.25, -0.2) is 8.78 Å². The monoisotopic (exact) mass is 262 g/mol. The average Bonchev–Trinajstić information content (AvgIpc) is 2.66. The van der Waals surface area contributed by atoms with Crippen molar-refractivity contribution in [3.8, 4) is 0 Å². The lowest BCUT2D eigenvalue weighted by molar-refractivity contribution is -0.130. The Kier molecular flexibility index (Phi) is 2.36. The number of nitrogens with zero attached hydrogens (tertiary/aromatic N) is 1. The SMILES string of the molecule is O=C1Nc2c(F)cccc2C1(O)c1ccc(F)cn1. The van der Waals surface area contributed by atoms with Gasteiger partial charge in [-0.05, 0) is 18.2 Å². The van der Waals surface area contributed by atoms with Crippen LogP contribution < -0.4 is 5.32 Å². The maximum Gasteiger partial charge on any atom is 0.267 e. The molecule has 6 heteroatoms. The van der Waals surface area contributed by atoms with Gasteiger partial charge in [0.15, 0.2) is 0 Å². The van der Waals surface area contributed by atoms with Gasteiger partial charge in [-0.1, -0.05) is 12.1 Å². The second-order valence-electron chi connectivity index (χ2n) is 4.19. The number of aromatic nitrogens is 1. The minimum atomic E-state index is -2.11. The van der Waals surface area contributed by atoms with Crippen LogP contribution in [-0.2, 0) is 10.4 Å². The number of carbonyl (C=O) groups excluding carboxylic acids is 1. The summed E-state index contributed by atoms with van der Waals surface area (Å²) in [6, 6.07) is 6.23. The molecule has 96 valence electrons. The predicted molar refractivity (Wildman–Crippen MR) is 62.2 cm³/mol. The van der Waals surface area contributed by atoms with E-state index in [0.29, 0.717) is 0 Å². The van der Waals surface area contributed by atoms with Crippen molar-refractivity contribution in [1.29, 1.82) is 0 Å². The third-order valence-corrected chi connectivity index (χ3v) is 3.07. The fourth-order valence-electron chi connectivity index (χ4n) is 2.12. The number of fused-ring (bicyclic) bond motifs is 1. The Labute approximate surface area is 106 Å². The average molecular weight is 262 g/mol. The van der Waals surface area contributed by atoms with Crippen LogP contribution in [0.4, 0.5) is 14.5 Å². The molecule has 2 N–H and O–H groups in total. The van der Waals surface area contributed by atoms with Crippen LogP contribution in [0, 0.1) is 11.6 Å². The molecule has 2 heterocycles. The molecule has 1 aromatic carbocycles. The normalized spacial score (nSPS) is 21.1. The van der Waals surface area contributed by atoms with Gasteiger partial charge in [-0.3, -0.25) is 9.78 Å². The van der Waals surface area contributed by atoms with E-state index in [-0.39, 0.29) is 16.9 Å². The minimum absolute atomic E-state index is 0.0595. The second-order valence-corrected chi connectivity index (χ2v) is 4.19. The zero-order valence-corrected chi connectivity index (χ0v) is 9.52. The number of rotatable bonds is 1. The number of pyridine rings is 1. The molecule has 0 aliphatic carbocycles. The lowest BCUT2D eigenvalue weighted by atomic mass is 9.91. The fraction of sp³-hybridized carbons (Fsp3) is 0.0769. The molecule has 0 saturated heterocycles. The Morgan fingerprint density at radius 2 is 2.00 bits per heavy atom. The van der Waals surface area contributed by atoms with Crippen molar-refractivity contribution >= 4 is 11.6 Å². The van der Waals surface area contributed by atoms with E-state index in [9.17, 15) is 18.7 Å². The minimum Gasteiger partial charge on any atom is -0.370 e. The molecule has 2 aromatic rings. The molecule has 0 fully saturated rings. The molecule has 1 atom stereocenters. The van der Waals surface area contributed by atoms with Crippen LogP contribution in [0.5, 0.6) is 0 Å². The number of nitrogens with one attached hydrogen (secondary N) is 1. The number of hydrogen-bond donors (Lipinski definition) is 2. The molecule has 1 aliphatic heterocycles. The van der Waals surface area contributed by atoms with Gasteiger partial charge < -0.3 is 10.4 Å². The van der Waals surface area contributed by atoms with Gasteiger partial charge >= 0.3 is 0 Å². The molecule has 0 spiro atoms. The van der Waals surface area contributed by atoms with E-state index in [1.54, 1.807) is 0 Å². The number of amides is 1. The summed E-state index contributed by atoms with van der Waals surface area (Å²) in [7, 11) is 0. The van der Waals surface area contributed by atoms with E-state index < -0.39 is 23.1 Å². The smallest absolute Gasteiger partial charge is 0.267 e. The van der Waals surface area contributed by atoms with Crippen LogP contribution in [0.25, 0.3) is 0 Å². The molecule has 4 nitrogen and oxygen atoms in total. The van der Waals surface area contributed by atoms with Gasteiger partial charge in [0.25, 0.3) is 5.91 Å². The number of carbonyl (C=O) groups is 1. The Balaban J connectivity index is 2.23. The Bertz CT molecular complexity index is 673. The first kappa shape index (κ1) is 11.7.